The first-order valence-electron chi connectivity index (χ1n) is 5.51. The van der Waals surface area contributed by atoms with Gasteiger partial charge in [-0.05, 0) is 57.0 Å². The van der Waals surface area contributed by atoms with E-state index >= 15 is 0 Å². The van der Waals surface area contributed by atoms with E-state index < -0.39 is 0 Å². The predicted molar refractivity (Wildman–Crippen MR) is 55.2 cm³/mol. The molecule has 0 amide bonds. The van der Waals surface area contributed by atoms with Gasteiger partial charge in [-0.25, -0.2) is 0 Å². The lowest BCUT2D eigenvalue weighted by molar-refractivity contribution is 0.241. The summed E-state index contributed by atoms with van der Waals surface area (Å²) in [5, 5.41) is 3.42. The number of allylic oxidation sites excluding steroid dienone is 2. The highest BCUT2D eigenvalue weighted by atomic mass is 14.9. The summed E-state index contributed by atoms with van der Waals surface area (Å²) in [5.41, 5.74) is 6.89. The molecule has 2 rings (SSSR count). The molecule has 0 radical (unpaired) electrons. The van der Waals surface area contributed by atoms with Crippen molar-refractivity contribution in [1.29, 1.82) is 0 Å². The highest BCUT2D eigenvalue weighted by molar-refractivity contribution is 5.02. The summed E-state index contributed by atoms with van der Waals surface area (Å²) in [7, 11) is 0. The molecule has 74 valence electrons. The molecule has 0 bridgehead atoms. The molecular formula is C11H20N2. The zero-order valence-electron chi connectivity index (χ0n) is 8.26. The summed E-state index contributed by atoms with van der Waals surface area (Å²) < 4.78 is 0. The maximum absolute atomic E-state index is 5.78. The Balaban J connectivity index is 1.86. The highest BCUT2D eigenvalue weighted by Gasteiger charge is 2.24. The molecule has 0 aromatic carbocycles. The molecule has 2 aliphatic rings. The molecule has 1 aliphatic heterocycles. The fourth-order valence-electron chi connectivity index (χ4n) is 2.62. The van der Waals surface area contributed by atoms with Crippen LogP contribution in [0.2, 0.25) is 0 Å². The van der Waals surface area contributed by atoms with E-state index in [4.69, 9.17) is 5.73 Å². The molecule has 2 nitrogen and oxygen atoms in total. The minimum absolute atomic E-state index is 0.925. The number of hydrogen-bond donors (Lipinski definition) is 2. The van der Waals surface area contributed by atoms with Crippen molar-refractivity contribution in [2.75, 3.05) is 13.1 Å². The second-order valence-electron chi connectivity index (χ2n) is 4.40. The topological polar surface area (TPSA) is 38.0 Å². The number of nitrogens with one attached hydrogen (secondary N) is 1. The molecule has 0 aromatic heterocycles. The molecule has 1 aliphatic carbocycles. The normalized spacial score (nSPS) is 31.4. The smallest absolute Gasteiger partial charge is 0.00401 e. The van der Waals surface area contributed by atoms with E-state index in [1.807, 2.05) is 0 Å². The van der Waals surface area contributed by atoms with Crippen LogP contribution in [0.25, 0.3) is 0 Å². The summed E-state index contributed by atoms with van der Waals surface area (Å²) in [4.78, 5) is 0. The Morgan fingerprint density at radius 3 is 2.54 bits per heavy atom. The fourth-order valence-corrected chi connectivity index (χ4v) is 2.62. The zero-order chi connectivity index (χ0) is 9.10. The van der Waals surface area contributed by atoms with Gasteiger partial charge in [0.25, 0.3) is 0 Å². The van der Waals surface area contributed by atoms with Gasteiger partial charge in [-0.1, -0.05) is 6.08 Å². The first-order valence-corrected chi connectivity index (χ1v) is 5.51. The average Bonchev–Trinajstić information content (AvgIpc) is 2.20. The van der Waals surface area contributed by atoms with Crippen LogP contribution >= 0.6 is 0 Å². The Bertz CT molecular complexity index is 192. The van der Waals surface area contributed by atoms with Crippen molar-refractivity contribution in [3.63, 3.8) is 0 Å². The van der Waals surface area contributed by atoms with E-state index in [0.717, 1.165) is 24.0 Å². The van der Waals surface area contributed by atoms with Crippen LogP contribution in [0.15, 0.2) is 11.8 Å². The minimum atomic E-state index is 0.925. The highest BCUT2D eigenvalue weighted by Crippen LogP contribution is 2.32. The van der Waals surface area contributed by atoms with E-state index in [-0.39, 0.29) is 0 Å². The number of nitrogens with two attached hydrogens (primary N) is 1. The molecule has 1 heterocycles. The van der Waals surface area contributed by atoms with Crippen molar-refractivity contribution in [2.24, 2.45) is 17.6 Å². The van der Waals surface area contributed by atoms with Gasteiger partial charge in [0.05, 0.1) is 0 Å². The lowest BCUT2D eigenvalue weighted by atomic mass is 9.78. The van der Waals surface area contributed by atoms with Gasteiger partial charge >= 0.3 is 0 Å². The largest absolute Gasteiger partial charge is 0.402 e. The van der Waals surface area contributed by atoms with Crippen LogP contribution < -0.4 is 11.1 Å². The monoisotopic (exact) mass is 180 g/mol. The van der Waals surface area contributed by atoms with Gasteiger partial charge in [0.1, 0.15) is 0 Å². The Morgan fingerprint density at radius 2 is 1.92 bits per heavy atom. The van der Waals surface area contributed by atoms with E-state index in [1.165, 1.54) is 38.8 Å². The van der Waals surface area contributed by atoms with Crippen molar-refractivity contribution in [2.45, 2.75) is 32.1 Å². The Kier molecular flexibility index (Phi) is 2.89. The Morgan fingerprint density at radius 1 is 1.15 bits per heavy atom. The van der Waals surface area contributed by atoms with Gasteiger partial charge in [0.15, 0.2) is 0 Å². The summed E-state index contributed by atoms with van der Waals surface area (Å²) in [6.45, 7) is 2.45. The van der Waals surface area contributed by atoms with Crippen LogP contribution in [0.5, 0.6) is 0 Å². The van der Waals surface area contributed by atoms with Gasteiger partial charge in [-0.15, -0.1) is 0 Å². The van der Waals surface area contributed by atoms with Crippen LogP contribution in [0, 0.1) is 11.8 Å². The number of piperidine rings is 1. The molecule has 13 heavy (non-hydrogen) atoms. The van der Waals surface area contributed by atoms with Gasteiger partial charge < -0.3 is 11.1 Å². The third-order valence-corrected chi connectivity index (χ3v) is 3.54. The summed E-state index contributed by atoms with van der Waals surface area (Å²) >= 11 is 0. The van der Waals surface area contributed by atoms with Crippen molar-refractivity contribution in [3.8, 4) is 0 Å². The molecular weight excluding hydrogens is 160 g/mol. The second kappa shape index (κ2) is 4.14. The summed E-state index contributed by atoms with van der Waals surface area (Å²) in [6.07, 6.45) is 8.69. The van der Waals surface area contributed by atoms with Gasteiger partial charge in [0.2, 0.25) is 0 Å². The Labute approximate surface area is 80.6 Å². The first-order chi connectivity index (χ1) is 6.36. The SMILES string of the molecule is NC1=CCC(C2CCNCC2)CC1. The molecule has 0 aromatic rings. The number of hydrogen-bond acceptors (Lipinski definition) is 2. The minimum Gasteiger partial charge on any atom is -0.402 e. The van der Waals surface area contributed by atoms with Gasteiger partial charge in [-0.3, -0.25) is 0 Å². The standard InChI is InChI=1S/C11H20N2/c12-11-3-1-9(2-4-11)10-5-7-13-8-6-10/h3,9-10,13H,1-2,4-8,12H2. The molecule has 0 spiro atoms. The van der Waals surface area contributed by atoms with E-state index in [9.17, 15) is 0 Å². The quantitative estimate of drug-likeness (QED) is 0.643. The Hall–Kier alpha value is -0.500. The van der Waals surface area contributed by atoms with Crippen molar-refractivity contribution in [3.05, 3.63) is 11.8 Å². The predicted octanol–water partition coefficient (Wildman–Crippen LogP) is 1.63. The maximum atomic E-state index is 5.78. The van der Waals surface area contributed by atoms with Crippen LogP contribution in [0.1, 0.15) is 32.1 Å². The van der Waals surface area contributed by atoms with E-state index in [1.54, 1.807) is 0 Å². The van der Waals surface area contributed by atoms with E-state index in [0.29, 0.717) is 0 Å². The van der Waals surface area contributed by atoms with Gasteiger partial charge in [-0.2, -0.15) is 0 Å². The van der Waals surface area contributed by atoms with Crippen molar-refractivity contribution < 1.29 is 0 Å². The van der Waals surface area contributed by atoms with E-state index in [2.05, 4.69) is 11.4 Å². The van der Waals surface area contributed by atoms with Crippen LogP contribution in [-0.4, -0.2) is 13.1 Å². The molecule has 1 saturated heterocycles. The van der Waals surface area contributed by atoms with Crippen LogP contribution in [0.4, 0.5) is 0 Å². The third kappa shape index (κ3) is 2.25. The zero-order valence-corrected chi connectivity index (χ0v) is 8.26. The molecule has 1 unspecified atom stereocenters. The second-order valence-corrected chi connectivity index (χ2v) is 4.40. The van der Waals surface area contributed by atoms with Crippen molar-refractivity contribution in [1.82, 2.24) is 5.32 Å². The summed E-state index contributed by atoms with van der Waals surface area (Å²) in [6, 6.07) is 0. The molecule has 0 saturated carbocycles. The van der Waals surface area contributed by atoms with Crippen LogP contribution in [-0.2, 0) is 0 Å². The average molecular weight is 180 g/mol. The van der Waals surface area contributed by atoms with Crippen LogP contribution in [0.3, 0.4) is 0 Å². The first kappa shape index (κ1) is 9.07. The number of rotatable bonds is 1. The van der Waals surface area contributed by atoms with Crippen molar-refractivity contribution >= 4 is 0 Å². The molecule has 2 heteroatoms. The molecule has 1 fully saturated rings. The fraction of sp³-hybridized carbons (Fsp3) is 0.818. The molecule has 3 N–H and O–H groups in total. The third-order valence-electron chi connectivity index (χ3n) is 3.54. The lowest BCUT2D eigenvalue weighted by Crippen LogP contribution is -2.32. The molecule has 1 atom stereocenters. The maximum Gasteiger partial charge on any atom is 0.00401 e. The summed E-state index contributed by atoms with van der Waals surface area (Å²) in [5.74, 6) is 1.89. The van der Waals surface area contributed by atoms with Gasteiger partial charge in [0, 0.05) is 5.70 Å². The lowest BCUT2D eigenvalue weighted by Gasteiger charge is -2.32.